The third kappa shape index (κ3) is 3.09. The summed E-state index contributed by atoms with van der Waals surface area (Å²) in [5.41, 5.74) is 7.38. The summed E-state index contributed by atoms with van der Waals surface area (Å²) in [5, 5.41) is 0. The number of nitrogens with one attached hydrogen (secondary N) is 1. The quantitative estimate of drug-likeness (QED) is 0.721. The van der Waals surface area contributed by atoms with Gasteiger partial charge in [-0.1, -0.05) is 12.1 Å². The number of hydrogen-bond donors (Lipinski definition) is 0. The first-order valence-corrected chi connectivity index (χ1v) is 4.04. The first kappa shape index (κ1) is 11.8. The van der Waals surface area contributed by atoms with Gasteiger partial charge in [0.15, 0.2) is 0 Å². The lowest BCUT2D eigenvalue weighted by molar-refractivity contribution is -0.253. The normalized spacial score (nSPS) is 11.9. The fraction of sp³-hybridized carbons (Fsp3) is 0.333. The van der Waals surface area contributed by atoms with Crippen LogP contribution < -0.4 is 10.5 Å². The van der Waals surface area contributed by atoms with Gasteiger partial charge < -0.3 is 4.74 Å². The van der Waals surface area contributed by atoms with Gasteiger partial charge in [-0.05, 0) is 17.7 Å². The number of benzene rings is 1. The van der Waals surface area contributed by atoms with Crippen molar-refractivity contribution in [1.82, 2.24) is 5.73 Å². The molecule has 0 spiro atoms. The lowest BCUT2D eigenvalue weighted by Crippen LogP contribution is -2.33. The summed E-state index contributed by atoms with van der Waals surface area (Å²) in [4.78, 5) is 0. The minimum absolute atomic E-state index is 0.128. The smallest absolute Gasteiger partial charge is 0.428 e. The molecule has 0 unspecified atom stereocenters. The highest BCUT2D eigenvalue weighted by molar-refractivity contribution is 5.28. The molecule has 6 heteroatoms. The molecule has 1 aromatic rings. The molecule has 0 amide bonds. The standard InChI is InChI=1S/C9H8F4NO/c10-8(11)9(12,13)15-7-3-1-2-6(4-7)5-14/h1-4,8,14H,5H2. The van der Waals surface area contributed by atoms with Gasteiger partial charge in [-0.2, -0.15) is 17.6 Å². The number of rotatable bonds is 4. The van der Waals surface area contributed by atoms with E-state index in [9.17, 15) is 17.6 Å². The monoisotopic (exact) mass is 222 g/mol. The molecular formula is C9H8F4NO. The third-order valence-corrected chi connectivity index (χ3v) is 1.61. The van der Waals surface area contributed by atoms with Crippen LogP contribution in [0.4, 0.5) is 17.6 Å². The SMILES string of the molecule is [NH]Cc1cccc(OC(F)(F)C(F)F)c1. The predicted octanol–water partition coefficient (Wildman–Crippen LogP) is 2.71. The van der Waals surface area contributed by atoms with Gasteiger partial charge in [0.05, 0.1) is 0 Å². The summed E-state index contributed by atoms with van der Waals surface area (Å²) in [6.07, 6.45) is -8.38. The van der Waals surface area contributed by atoms with Crippen molar-refractivity contribution in [3.63, 3.8) is 0 Å². The Labute approximate surface area is 83.6 Å². The van der Waals surface area contributed by atoms with Gasteiger partial charge in [-0.15, -0.1) is 0 Å². The molecule has 0 heterocycles. The Morgan fingerprint density at radius 3 is 2.53 bits per heavy atom. The highest BCUT2D eigenvalue weighted by atomic mass is 19.3. The maximum absolute atomic E-state index is 12.4. The fourth-order valence-electron chi connectivity index (χ4n) is 0.921. The van der Waals surface area contributed by atoms with Crippen LogP contribution in [-0.4, -0.2) is 12.5 Å². The van der Waals surface area contributed by atoms with Gasteiger partial charge in [0.25, 0.3) is 0 Å². The van der Waals surface area contributed by atoms with E-state index >= 15 is 0 Å². The molecule has 83 valence electrons. The Morgan fingerprint density at radius 1 is 1.33 bits per heavy atom. The number of alkyl halides is 4. The Balaban J connectivity index is 2.80. The van der Waals surface area contributed by atoms with Crippen LogP contribution in [0.5, 0.6) is 5.75 Å². The van der Waals surface area contributed by atoms with Crippen molar-refractivity contribution in [2.45, 2.75) is 19.1 Å². The van der Waals surface area contributed by atoms with Crippen molar-refractivity contribution in [3.8, 4) is 5.75 Å². The second-order valence-electron chi connectivity index (χ2n) is 2.79. The molecule has 1 radical (unpaired) electrons. The molecule has 0 aliphatic heterocycles. The van der Waals surface area contributed by atoms with Crippen molar-refractivity contribution in [2.24, 2.45) is 0 Å². The second-order valence-corrected chi connectivity index (χ2v) is 2.79. The molecule has 0 atom stereocenters. The average molecular weight is 222 g/mol. The van der Waals surface area contributed by atoms with Crippen LogP contribution in [0.15, 0.2) is 24.3 Å². The Bertz CT molecular complexity index is 330. The molecule has 1 N–H and O–H groups in total. The van der Waals surface area contributed by atoms with E-state index in [0.29, 0.717) is 5.56 Å². The van der Waals surface area contributed by atoms with Crippen LogP contribution in [0, 0.1) is 0 Å². The lowest BCUT2D eigenvalue weighted by atomic mass is 10.2. The molecule has 0 bridgehead atoms. The second kappa shape index (κ2) is 4.48. The molecule has 0 saturated heterocycles. The van der Waals surface area contributed by atoms with Gasteiger partial charge in [0.1, 0.15) is 5.75 Å². The van der Waals surface area contributed by atoms with E-state index in [2.05, 4.69) is 4.74 Å². The Hall–Kier alpha value is -1.30. The molecule has 1 aromatic carbocycles. The zero-order valence-electron chi connectivity index (χ0n) is 7.51. The molecule has 1 rings (SSSR count). The number of ether oxygens (including phenoxy) is 1. The summed E-state index contributed by atoms with van der Waals surface area (Å²) in [6.45, 7) is -0.128. The molecule has 0 aromatic heterocycles. The van der Waals surface area contributed by atoms with Crippen LogP contribution >= 0.6 is 0 Å². The van der Waals surface area contributed by atoms with E-state index in [-0.39, 0.29) is 12.3 Å². The van der Waals surface area contributed by atoms with Gasteiger partial charge >= 0.3 is 12.5 Å². The fourth-order valence-corrected chi connectivity index (χ4v) is 0.921. The summed E-state index contributed by atoms with van der Waals surface area (Å²) >= 11 is 0. The van der Waals surface area contributed by atoms with Crippen LogP contribution in [0.25, 0.3) is 0 Å². The lowest BCUT2D eigenvalue weighted by Gasteiger charge is -2.16. The van der Waals surface area contributed by atoms with Gasteiger partial charge in [0.2, 0.25) is 0 Å². The highest BCUT2D eigenvalue weighted by Gasteiger charge is 2.43. The summed E-state index contributed by atoms with van der Waals surface area (Å²) in [6, 6.07) is 5.14. The number of halogens is 4. The van der Waals surface area contributed by atoms with Crippen LogP contribution in [-0.2, 0) is 6.54 Å². The van der Waals surface area contributed by atoms with Crippen molar-refractivity contribution in [2.75, 3.05) is 0 Å². The minimum atomic E-state index is -4.50. The van der Waals surface area contributed by atoms with E-state index < -0.39 is 12.5 Å². The van der Waals surface area contributed by atoms with Crippen molar-refractivity contribution in [3.05, 3.63) is 29.8 Å². The topological polar surface area (TPSA) is 33.0 Å². The largest absolute Gasteiger partial charge is 0.461 e. The van der Waals surface area contributed by atoms with Crippen molar-refractivity contribution in [1.29, 1.82) is 0 Å². The van der Waals surface area contributed by atoms with E-state index in [4.69, 9.17) is 5.73 Å². The van der Waals surface area contributed by atoms with Crippen LogP contribution in [0.3, 0.4) is 0 Å². The Kier molecular flexibility index (Phi) is 3.52. The zero-order chi connectivity index (χ0) is 11.5. The van der Waals surface area contributed by atoms with Crippen LogP contribution in [0.2, 0.25) is 0 Å². The van der Waals surface area contributed by atoms with Gasteiger partial charge in [0, 0.05) is 6.54 Å². The highest BCUT2D eigenvalue weighted by Crippen LogP contribution is 2.27. The maximum atomic E-state index is 12.4. The van der Waals surface area contributed by atoms with Gasteiger partial charge in [-0.25, -0.2) is 0 Å². The van der Waals surface area contributed by atoms with Crippen LogP contribution in [0.1, 0.15) is 5.56 Å². The minimum Gasteiger partial charge on any atom is -0.428 e. The van der Waals surface area contributed by atoms with Crippen molar-refractivity contribution >= 4 is 0 Å². The molecule has 0 aliphatic rings. The molecule has 0 aliphatic carbocycles. The molecule has 0 fully saturated rings. The predicted molar refractivity (Wildman–Crippen MR) is 44.8 cm³/mol. The number of hydrogen-bond acceptors (Lipinski definition) is 1. The molecule has 15 heavy (non-hydrogen) atoms. The Morgan fingerprint density at radius 2 is 2.00 bits per heavy atom. The maximum Gasteiger partial charge on any atom is 0.461 e. The third-order valence-electron chi connectivity index (χ3n) is 1.61. The molecule has 0 saturated carbocycles. The molecule has 2 nitrogen and oxygen atoms in total. The van der Waals surface area contributed by atoms with E-state index in [1.54, 1.807) is 0 Å². The van der Waals surface area contributed by atoms with Crippen molar-refractivity contribution < 1.29 is 22.3 Å². The first-order chi connectivity index (χ1) is 6.95. The zero-order valence-corrected chi connectivity index (χ0v) is 7.51. The summed E-state index contributed by atoms with van der Waals surface area (Å²) in [5.74, 6) is -0.370. The molecular weight excluding hydrogens is 214 g/mol. The van der Waals surface area contributed by atoms with E-state index in [1.165, 1.54) is 12.1 Å². The summed E-state index contributed by atoms with van der Waals surface area (Å²) < 4.78 is 52.3. The van der Waals surface area contributed by atoms with Gasteiger partial charge in [-0.3, -0.25) is 5.73 Å². The van der Waals surface area contributed by atoms with E-state index in [0.717, 1.165) is 12.1 Å². The first-order valence-electron chi connectivity index (χ1n) is 4.04. The van der Waals surface area contributed by atoms with E-state index in [1.807, 2.05) is 0 Å². The summed E-state index contributed by atoms with van der Waals surface area (Å²) in [7, 11) is 0. The average Bonchev–Trinajstić information content (AvgIpc) is 2.17.